The Morgan fingerprint density at radius 3 is 2.45 bits per heavy atom. The van der Waals surface area contributed by atoms with Crippen LogP contribution >= 0.6 is 0 Å². The number of ether oxygens (including phenoxy) is 3. The summed E-state index contributed by atoms with van der Waals surface area (Å²) in [6.07, 6.45) is 1.15. The number of hydrogen-bond acceptors (Lipinski definition) is 6. The van der Waals surface area contributed by atoms with Crippen molar-refractivity contribution < 1.29 is 32.6 Å². The fourth-order valence-corrected chi connectivity index (χ4v) is 4.33. The molecule has 1 aromatic carbocycles. The standard InChI is InChI=1S/C24H32F2N2O5/c1-22(2,3)33-21(30)28-10-8-23(14-24(25,26)15-23)13-19(28)17-7-6-16(20(29)32-5)12-18(17)27-9-11-31-4/h6-7,12-13,27H,8-11,14-15H2,1-5H3. The van der Waals surface area contributed by atoms with E-state index in [-0.39, 0.29) is 19.4 Å². The molecule has 1 aliphatic heterocycles. The van der Waals surface area contributed by atoms with E-state index in [0.29, 0.717) is 42.1 Å². The molecule has 1 aromatic rings. The van der Waals surface area contributed by atoms with Crippen molar-refractivity contribution in [2.45, 2.75) is 51.6 Å². The van der Waals surface area contributed by atoms with Crippen LogP contribution in [0.1, 0.15) is 56.0 Å². The molecule has 0 bridgehead atoms. The van der Waals surface area contributed by atoms with Crippen LogP contribution in [0.3, 0.4) is 0 Å². The highest BCUT2D eigenvalue weighted by Crippen LogP contribution is 2.58. The van der Waals surface area contributed by atoms with Gasteiger partial charge < -0.3 is 19.5 Å². The Morgan fingerprint density at radius 2 is 1.88 bits per heavy atom. The van der Waals surface area contributed by atoms with Gasteiger partial charge in [-0.2, -0.15) is 0 Å². The average molecular weight is 467 g/mol. The van der Waals surface area contributed by atoms with E-state index in [1.165, 1.54) is 12.0 Å². The third kappa shape index (κ3) is 5.82. The normalized spacial score (nSPS) is 18.9. The monoisotopic (exact) mass is 466 g/mol. The van der Waals surface area contributed by atoms with E-state index < -0.39 is 29.0 Å². The van der Waals surface area contributed by atoms with E-state index in [1.54, 1.807) is 52.2 Å². The highest BCUT2D eigenvalue weighted by atomic mass is 19.3. The Bertz CT molecular complexity index is 931. The molecule has 182 valence electrons. The number of carbonyl (C=O) groups is 2. The van der Waals surface area contributed by atoms with E-state index in [1.807, 2.05) is 0 Å². The molecule has 1 saturated carbocycles. The molecule has 3 rings (SSSR count). The van der Waals surface area contributed by atoms with Crippen molar-refractivity contribution in [2.75, 3.05) is 39.2 Å². The molecule has 1 amide bonds. The van der Waals surface area contributed by atoms with E-state index in [2.05, 4.69) is 5.32 Å². The topological polar surface area (TPSA) is 77.1 Å². The van der Waals surface area contributed by atoms with Crippen molar-refractivity contribution in [3.05, 3.63) is 35.4 Å². The second-order valence-corrected chi connectivity index (χ2v) is 9.65. The molecule has 0 aromatic heterocycles. The summed E-state index contributed by atoms with van der Waals surface area (Å²) in [6.45, 7) is 6.43. The minimum atomic E-state index is -2.70. The first kappa shape index (κ1) is 25.0. The number of alkyl halides is 2. The lowest BCUT2D eigenvalue weighted by Crippen LogP contribution is -2.50. The summed E-state index contributed by atoms with van der Waals surface area (Å²) >= 11 is 0. The number of nitrogens with one attached hydrogen (secondary N) is 1. The second kappa shape index (κ2) is 9.29. The van der Waals surface area contributed by atoms with E-state index in [4.69, 9.17) is 14.2 Å². The van der Waals surface area contributed by atoms with Gasteiger partial charge in [0.15, 0.2) is 0 Å². The number of rotatable bonds is 6. The fourth-order valence-electron chi connectivity index (χ4n) is 4.33. The Morgan fingerprint density at radius 1 is 1.18 bits per heavy atom. The van der Waals surface area contributed by atoms with Crippen LogP contribution in [-0.2, 0) is 14.2 Å². The Hall–Kier alpha value is -2.68. The van der Waals surface area contributed by atoms with Gasteiger partial charge in [-0.15, -0.1) is 0 Å². The first-order chi connectivity index (χ1) is 15.4. The molecule has 0 atom stereocenters. The number of allylic oxidation sites excluding steroid dienone is 1. The average Bonchev–Trinajstić information content (AvgIpc) is 2.70. The summed E-state index contributed by atoms with van der Waals surface area (Å²) in [5.41, 5.74) is 0.600. The van der Waals surface area contributed by atoms with Crippen molar-refractivity contribution in [1.82, 2.24) is 4.90 Å². The summed E-state index contributed by atoms with van der Waals surface area (Å²) in [5.74, 6) is -3.21. The van der Waals surface area contributed by atoms with Gasteiger partial charge in [0.25, 0.3) is 0 Å². The number of carbonyl (C=O) groups excluding carboxylic acids is 2. The summed E-state index contributed by atoms with van der Waals surface area (Å²) in [5, 5.41) is 3.22. The Balaban J connectivity index is 2.06. The first-order valence-corrected chi connectivity index (χ1v) is 11.0. The number of esters is 1. The van der Waals surface area contributed by atoms with Crippen LogP contribution in [-0.4, -0.2) is 62.4 Å². The van der Waals surface area contributed by atoms with Gasteiger partial charge >= 0.3 is 12.1 Å². The zero-order valence-corrected chi connectivity index (χ0v) is 19.8. The van der Waals surface area contributed by atoms with E-state index in [9.17, 15) is 18.4 Å². The molecule has 1 N–H and O–H groups in total. The molecule has 1 spiro atoms. The fraction of sp³-hybridized carbons (Fsp3) is 0.583. The zero-order valence-electron chi connectivity index (χ0n) is 19.8. The maximum atomic E-state index is 13.8. The van der Waals surface area contributed by atoms with Crippen molar-refractivity contribution in [1.29, 1.82) is 0 Å². The Kier molecular flexibility index (Phi) is 7.02. The zero-order chi connectivity index (χ0) is 24.4. The lowest BCUT2D eigenvalue weighted by molar-refractivity contribution is -0.146. The molecule has 1 fully saturated rings. The SMILES string of the molecule is COCCNc1cc(C(=O)OC)ccc1C1=CC2(CCN1C(=O)OC(C)(C)C)CC(F)(F)C2. The van der Waals surface area contributed by atoms with Gasteiger partial charge in [0.1, 0.15) is 5.60 Å². The molecule has 33 heavy (non-hydrogen) atoms. The van der Waals surface area contributed by atoms with Gasteiger partial charge in [-0.25, -0.2) is 18.4 Å². The predicted octanol–water partition coefficient (Wildman–Crippen LogP) is 4.93. The Labute approximate surface area is 193 Å². The lowest BCUT2D eigenvalue weighted by atomic mass is 9.62. The molecular weight excluding hydrogens is 434 g/mol. The highest BCUT2D eigenvalue weighted by molar-refractivity contribution is 5.93. The minimum Gasteiger partial charge on any atom is -0.465 e. The van der Waals surface area contributed by atoms with Gasteiger partial charge in [0.2, 0.25) is 5.92 Å². The number of halogens is 2. The van der Waals surface area contributed by atoms with Crippen LogP contribution in [0.2, 0.25) is 0 Å². The van der Waals surface area contributed by atoms with Gasteiger partial charge in [0, 0.05) is 49.7 Å². The van der Waals surface area contributed by atoms with Gasteiger partial charge in [-0.3, -0.25) is 4.90 Å². The molecular formula is C24H32F2N2O5. The molecule has 0 saturated heterocycles. The number of methoxy groups -OCH3 is 2. The number of nitrogens with zero attached hydrogens (tertiary/aromatic N) is 1. The van der Waals surface area contributed by atoms with Gasteiger partial charge in [-0.1, -0.05) is 6.08 Å². The van der Waals surface area contributed by atoms with Crippen LogP contribution in [0, 0.1) is 5.41 Å². The predicted molar refractivity (Wildman–Crippen MR) is 120 cm³/mol. The largest absolute Gasteiger partial charge is 0.465 e. The number of amides is 1. The first-order valence-electron chi connectivity index (χ1n) is 11.0. The third-order valence-corrected chi connectivity index (χ3v) is 5.74. The second-order valence-electron chi connectivity index (χ2n) is 9.65. The van der Waals surface area contributed by atoms with Gasteiger partial charge in [-0.05, 0) is 45.4 Å². The minimum absolute atomic E-state index is 0.252. The summed E-state index contributed by atoms with van der Waals surface area (Å²) in [7, 11) is 2.87. The van der Waals surface area contributed by atoms with Crippen molar-refractivity contribution in [3.8, 4) is 0 Å². The third-order valence-electron chi connectivity index (χ3n) is 5.74. The quantitative estimate of drug-likeness (QED) is 0.473. The van der Waals surface area contributed by atoms with E-state index >= 15 is 0 Å². The smallest absolute Gasteiger partial charge is 0.414 e. The molecule has 0 radical (unpaired) electrons. The molecule has 1 heterocycles. The van der Waals surface area contributed by atoms with Crippen molar-refractivity contribution >= 4 is 23.4 Å². The van der Waals surface area contributed by atoms with Crippen LogP contribution < -0.4 is 5.32 Å². The molecule has 1 aliphatic carbocycles. The number of benzene rings is 1. The molecule has 7 nitrogen and oxygen atoms in total. The van der Waals surface area contributed by atoms with Crippen LogP contribution in [0.5, 0.6) is 0 Å². The number of hydrogen-bond donors (Lipinski definition) is 1. The lowest BCUT2D eigenvalue weighted by Gasteiger charge is -2.50. The molecule has 0 unspecified atom stereocenters. The maximum Gasteiger partial charge on any atom is 0.414 e. The maximum absolute atomic E-state index is 13.8. The van der Waals surface area contributed by atoms with Crippen molar-refractivity contribution in [3.63, 3.8) is 0 Å². The molecule has 9 heteroatoms. The van der Waals surface area contributed by atoms with Crippen LogP contribution in [0.4, 0.5) is 19.3 Å². The van der Waals surface area contributed by atoms with Crippen molar-refractivity contribution in [2.24, 2.45) is 5.41 Å². The summed E-state index contributed by atoms with van der Waals surface area (Å²) < 4.78 is 43.2. The van der Waals surface area contributed by atoms with Crippen LogP contribution in [0.15, 0.2) is 24.3 Å². The van der Waals surface area contributed by atoms with Gasteiger partial charge in [0.05, 0.1) is 25.0 Å². The number of anilines is 1. The van der Waals surface area contributed by atoms with Crippen LogP contribution in [0.25, 0.3) is 5.70 Å². The summed E-state index contributed by atoms with van der Waals surface area (Å²) in [4.78, 5) is 26.6. The highest BCUT2D eigenvalue weighted by Gasteiger charge is 2.56. The molecule has 2 aliphatic rings. The van der Waals surface area contributed by atoms with E-state index in [0.717, 1.165) is 0 Å². The summed E-state index contributed by atoms with van der Waals surface area (Å²) in [6, 6.07) is 4.91.